The van der Waals surface area contributed by atoms with Crippen LogP contribution in [0.25, 0.3) is 0 Å². The lowest BCUT2D eigenvalue weighted by Gasteiger charge is -2.37. The van der Waals surface area contributed by atoms with Crippen molar-refractivity contribution in [3.05, 3.63) is 22.3 Å². The van der Waals surface area contributed by atoms with E-state index < -0.39 is 38.1 Å². The summed E-state index contributed by atoms with van der Waals surface area (Å²) in [6.45, 7) is 10.9. The summed E-state index contributed by atoms with van der Waals surface area (Å²) in [7, 11) is -4.70. The Morgan fingerprint density at radius 1 is 0.696 bits per heavy atom. The van der Waals surface area contributed by atoms with Crippen LogP contribution >= 0.6 is 7.82 Å². The van der Waals surface area contributed by atoms with Crippen molar-refractivity contribution >= 4 is 19.8 Å². The summed E-state index contributed by atoms with van der Waals surface area (Å²) in [6.07, 6.45) is 26.3. The number of carbonyl (C=O) groups is 2. The van der Waals surface area contributed by atoms with Gasteiger partial charge in [0.1, 0.15) is 30.3 Å². The number of esters is 2. The standard InChI is InChI=1S/C45H79O10P/c1-7-9-11-13-15-17-19-21-23-25-27-29-41(47)51-33-39(53-42(48)30-28-26-24-22-20-18-16-14-12-10-8-2)34-52-56(49,50)55-43-36(3)37(4)44-40(38(43)5)31-32-45(6,35-46)54-44/h39,46H,7-35H2,1-6H3,(H,49,50)/t39-,45?/m1/s1. The van der Waals surface area contributed by atoms with Crippen molar-refractivity contribution in [1.29, 1.82) is 0 Å². The molecule has 1 aromatic rings. The minimum atomic E-state index is -4.70. The third-order valence-corrected chi connectivity index (χ3v) is 12.1. The molecule has 324 valence electrons. The zero-order valence-electron chi connectivity index (χ0n) is 36.2. The van der Waals surface area contributed by atoms with E-state index in [9.17, 15) is 24.2 Å². The van der Waals surface area contributed by atoms with Crippen LogP contribution in [0.1, 0.15) is 204 Å². The van der Waals surface area contributed by atoms with E-state index in [0.29, 0.717) is 36.1 Å². The first-order chi connectivity index (χ1) is 26.9. The second kappa shape index (κ2) is 28.3. The predicted octanol–water partition coefficient (Wildman–Crippen LogP) is 12.0. The Labute approximate surface area is 340 Å². The predicted molar refractivity (Wildman–Crippen MR) is 224 cm³/mol. The highest BCUT2D eigenvalue weighted by Crippen LogP contribution is 2.50. The van der Waals surface area contributed by atoms with Gasteiger partial charge in [0.15, 0.2) is 6.10 Å². The van der Waals surface area contributed by atoms with Crippen LogP contribution in [0.5, 0.6) is 11.5 Å². The van der Waals surface area contributed by atoms with Crippen molar-refractivity contribution in [3.63, 3.8) is 0 Å². The van der Waals surface area contributed by atoms with E-state index in [1.54, 1.807) is 13.8 Å². The normalized spacial score (nSPS) is 16.8. The minimum absolute atomic E-state index is 0.123. The van der Waals surface area contributed by atoms with Crippen LogP contribution in [0.2, 0.25) is 0 Å². The van der Waals surface area contributed by atoms with Crippen molar-refractivity contribution < 1.29 is 47.4 Å². The zero-order valence-corrected chi connectivity index (χ0v) is 37.1. The third kappa shape index (κ3) is 20.0. The Morgan fingerprint density at radius 2 is 1.16 bits per heavy atom. The van der Waals surface area contributed by atoms with Crippen LogP contribution < -0.4 is 9.26 Å². The van der Waals surface area contributed by atoms with Crippen LogP contribution in [0, 0.1) is 20.8 Å². The smallest absolute Gasteiger partial charge is 0.485 e. The molecule has 11 heteroatoms. The molecule has 2 unspecified atom stereocenters. The van der Waals surface area contributed by atoms with E-state index in [1.807, 2.05) is 13.8 Å². The SMILES string of the molecule is CCCCCCCCCCCCCC(=O)OC[C@H](COP(=O)(O)Oc1c(C)c(C)c2c(c1C)CCC(C)(CO)O2)OC(=O)CCCCCCCCCCCCC. The highest BCUT2D eigenvalue weighted by Gasteiger charge is 2.36. The molecule has 0 fully saturated rings. The Balaban J connectivity index is 1.90. The number of ether oxygens (including phenoxy) is 3. The number of unbranched alkanes of at least 4 members (excludes halogenated alkanes) is 20. The van der Waals surface area contributed by atoms with Gasteiger partial charge in [-0.3, -0.25) is 19.0 Å². The summed E-state index contributed by atoms with van der Waals surface area (Å²) >= 11 is 0. The molecule has 1 aliphatic heterocycles. The van der Waals surface area contributed by atoms with Gasteiger partial charge in [0.25, 0.3) is 0 Å². The van der Waals surface area contributed by atoms with E-state index in [1.165, 1.54) is 96.3 Å². The van der Waals surface area contributed by atoms with Gasteiger partial charge in [-0.25, -0.2) is 4.57 Å². The number of hydrogen-bond donors (Lipinski definition) is 2. The first-order valence-corrected chi connectivity index (χ1v) is 23.8. The summed E-state index contributed by atoms with van der Waals surface area (Å²) in [4.78, 5) is 36.4. The summed E-state index contributed by atoms with van der Waals surface area (Å²) in [5.74, 6) is 0.0258. The number of rotatable bonds is 33. The molecule has 0 saturated heterocycles. The molecular weight excluding hydrogens is 731 g/mol. The molecule has 0 aliphatic carbocycles. The fraction of sp³-hybridized carbons (Fsp3) is 0.822. The molecule has 10 nitrogen and oxygen atoms in total. The second-order valence-electron chi connectivity index (χ2n) is 16.4. The fourth-order valence-electron chi connectivity index (χ4n) is 7.33. The maximum Gasteiger partial charge on any atom is 0.527 e. The topological polar surface area (TPSA) is 138 Å². The van der Waals surface area contributed by atoms with Gasteiger partial charge in [-0.05, 0) is 70.1 Å². The monoisotopic (exact) mass is 811 g/mol. The van der Waals surface area contributed by atoms with E-state index in [4.69, 9.17) is 23.3 Å². The van der Waals surface area contributed by atoms with Gasteiger partial charge in [0.2, 0.25) is 0 Å². The number of phosphoric ester groups is 1. The molecule has 0 aromatic heterocycles. The molecule has 0 radical (unpaired) electrons. The lowest BCUT2D eigenvalue weighted by Crippen LogP contribution is -2.40. The number of aliphatic hydroxyl groups is 1. The Morgan fingerprint density at radius 3 is 1.64 bits per heavy atom. The van der Waals surface area contributed by atoms with Crippen molar-refractivity contribution in [2.75, 3.05) is 19.8 Å². The average Bonchev–Trinajstić information content (AvgIpc) is 3.17. The van der Waals surface area contributed by atoms with Gasteiger partial charge in [0, 0.05) is 18.4 Å². The number of benzene rings is 1. The van der Waals surface area contributed by atoms with Crippen molar-refractivity contribution in [2.24, 2.45) is 0 Å². The summed E-state index contributed by atoms with van der Waals surface area (Å²) in [6, 6.07) is 0. The quantitative estimate of drug-likeness (QED) is 0.0401. The van der Waals surface area contributed by atoms with Crippen LogP contribution in [0.4, 0.5) is 0 Å². The number of phosphoric acid groups is 1. The third-order valence-electron chi connectivity index (χ3n) is 11.2. The maximum atomic E-state index is 13.4. The maximum absolute atomic E-state index is 13.4. The van der Waals surface area contributed by atoms with Gasteiger partial charge in [0.05, 0.1) is 6.61 Å². The van der Waals surface area contributed by atoms with Crippen LogP contribution in [-0.4, -0.2) is 53.5 Å². The van der Waals surface area contributed by atoms with Gasteiger partial charge < -0.3 is 23.8 Å². The van der Waals surface area contributed by atoms with E-state index in [0.717, 1.165) is 49.7 Å². The minimum Gasteiger partial charge on any atom is -0.485 e. The van der Waals surface area contributed by atoms with Crippen molar-refractivity contribution in [1.82, 2.24) is 0 Å². The lowest BCUT2D eigenvalue weighted by atomic mass is 9.87. The molecule has 3 atom stereocenters. The Bertz CT molecular complexity index is 1320. The highest BCUT2D eigenvalue weighted by molar-refractivity contribution is 7.47. The van der Waals surface area contributed by atoms with Crippen LogP contribution in [0.15, 0.2) is 0 Å². The summed E-state index contributed by atoms with van der Waals surface area (Å²) in [5, 5.41) is 9.87. The van der Waals surface area contributed by atoms with E-state index in [2.05, 4.69) is 13.8 Å². The molecule has 1 heterocycles. The van der Waals surface area contributed by atoms with Gasteiger partial charge >= 0.3 is 19.8 Å². The van der Waals surface area contributed by atoms with Crippen molar-refractivity contribution in [2.45, 2.75) is 220 Å². The lowest BCUT2D eigenvalue weighted by molar-refractivity contribution is -0.161. The molecule has 0 amide bonds. The van der Waals surface area contributed by atoms with E-state index in [-0.39, 0.29) is 31.8 Å². The number of carbonyl (C=O) groups excluding carboxylic acids is 2. The number of aliphatic hydroxyl groups excluding tert-OH is 1. The Hall–Kier alpha value is -2.13. The number of hydrogen-bond acceptors (Lipinski definition) is 9. The fourth-order valence-corrected chi connectivity index (χ4v) is 8.25. The van der Waals surface area contributed by atoms with Crippen molar-refractivity contribution in [3.8, 4) is 11.5 Å². The van der Waals surface area contributed by atoms with Crippen LogP contribution in [-0.2, 0) is 34.6 Å². The largest absolute Gasteiger partial charge is 0.527 e. The molecule has 0 spiro atoms. The molecular formula is C45H79O10P. The number of fused-ring (bicyclic) bond motifs is 1. The molecule has 0 saturated carbocycles. The first-order valence-electron chi connectivity index (χ1n) is 22.3. The molecule has 2 N–H and O–H groups in total. The van der Waals surface area contributed by atoms with Gasteiger partial charge in [-0.15, -0.1) is 0 Å². The molecule has 1 aromatic carbocycles. The Kier molecular flexibility index (Phi) is 25.3. The molecule has 2 rings (SSSR count). The van der Waals surface area contributed by atoms with Crippen LogP contribution in [0.3, 0.4) is 0 Å². The van der Waals surface area contributed by atoms with Gasteiger partial charge in [-0.2, -0.15) is 0 Å². The average molecular weight is 811 g/mol. The van der Waals surface area contributed by atoms with E-state index >= 15 is 0 Å². The zero-order chi connectivity index (χ0) is 41.2. The highest BCUT2D eigenvalue weighted by atomic mass is 31.2. The summed E-state index contributed by atoms with van der Waals surface area (Å²) in [5.41, 5.74) is 2.18. The molecule has 1 aliphatic rings. The first kappa shape index (κ1) is 50.0. The second-order valence-corrected chi connectivity index (χ2v) is 17.8. The summed E-state index contributed by atoms with van der Waals surface area (Å²) < 4.78 is 41.8. The molecule has 56 heavy (non-hydrogen) atoms. The van der Waals surface area contributed by atoms with Gasteiger partial charge in [-0.1, -0.05) is 142 Å². The molecule has 0 bridgehead atoms.